The largest absolute Gasteiger partial charge is 0.458 e. The average Bonchev–Trinajstić information content (AvgIpc) is 2.61. The molecule has 0 spiro atoms. The van der Waals surface area contributed by atoms with E-state index in [2.05, 4.69) is 10.1 Å². The topological polar surface area (TPSA) is 69.9 Å². The summed E-state index contributed by atoms with van der Waals surface area (Å²) >= 11 is 0. The first-order valence-electron chi connectivity index (χ1n) is 3.90. The maximum Gasteiger partial charge on any atom is 0.218 e. The fourth-order valence-electron chi connectivity index (χ4n) is 1.06. The standard InChI is InChI=1S/C8H10N4O/c1-5-3-4-6(13-5)7-10-8(9)12(2)11-7/h3-4H,1-2H3,(H2,9,10,11). The highest BCUT2D eigenvalue weighted by molar-refractivity contribution is 5.48. The third-order valence-electron chi connectivity index (χ3n) is 1.76. The first-order chi connectivity index (χ1) is 6.16. The van der Waals surface area contributed by atoms with Crippen molar-refractivity contribution in [1.82, 2.24) is 14.8 Å². The van der Waals surface area contributed by atoms with Gasteiger partial charge in [0.2, 0.25) is 11.8 Å². The number of hydrogen-bond donors (Lipinski definition) is 1. The zero-order valence-corrected chi connectivity index (χ0v) is 7.48. The van der Waals surface area contributed by atoms with E-state index in [1.807, 2.05) is 19.1 Å². The summed E-state index contributed by atoms with van der Waals surface area (Å²) in [5.41, 5.74) is 5.53. The molecule has 5 heteroatoms. The van der Waals surface area contributed by atoms with Gasteiger partial charge in [0.1, 0.15) is 5.76 Å². The third-order valence-corrected chi connectivity index (χ3v) is 1.76. The van der Waals surface area contributed by atoms with Crippen LogP contribution >= 0.6 is 0 Å². The van der Waals surface area contributed by atoms with Crippen LogP contribution in [0.2, 0.25) is 0 Å². The van der Waals surface area contributed by atoms with Crippen molar-refractivity contribution in [3.05, 3.63) is 17.9 Å². The second kappa shape index (κ2) is 2.62. The number of nitrogens with zero attached hydrogens (tertiary/aromatic N) is 3. The Morgan fingerprint density at radius 2 is 2.23 bits per heavy atom. The Kier molecular flexibility index (Phi) is 1.58. The summed E-state index contributed by atoms with van der Waals surface area (Å²) in [5.74, 6) is 2.38. The van der Waals surface area contributed by atoms with E-state index in [1.54, 1.807) is 7.05 Å². The predicted molar refractivity (Wildman–Crippen MR) is 47.9 cm³/mol. The first kappa shape index (κ1) is 7.85. The molecule has 0 aliphatic heterocycles. The number of nitrogens with two attached hydrogens (primary N) is 1. The molecule has 2 aromatic rings. The van der Waals surface area contributed by atoms with E-state index in [4.69, 9.17) is 10.2 Å². The van der Waals surface area contributed by atoms with Gasteiger partial charge in [-0.3, -0.25) is 0 Å². The maximum absolute atomic E-state index is 5.53. The zero-order valence-electron chi connectivity index (χ0n) is 7.48. The van der Waals surface area contributed by atoms with Crippen molar-refractivity contribution in [3.63, 3.8) is 0 Å². The van der Waals surface area contributed by atoms with Crippen molar-refractivity contribution in [2.45, 2.75) is 6.92 Å². The molecule has 0 radical (unpaired) electrons. The number of furan rings is 1. The van der Waals surface area contributed by atoms with Gasteiger partial charge in [-0.15, -0.1) is 5.10 Å². The van der Waals surface area contributed by atoms with Crippen LogP contribution in [0.1, 0.15) is 5.76 Å². The van der Waals surface area contributed by atoms with Gasteiger partial charge in [-0.2, -0.15) is 4.98 Å². The summed E-state index contributed by atoms with van der Waals surface area (Å²) in [6.07, 6.45) is 0. The van der Waals surface area contributed by atoms with E-state index in [0.29, 0.717) is 17.5 Å². The lowest BCUT2D eigenvalue weighted by Gasteiger charge is -1.86. The minimum atomic E-state index is 0.379. The number of nitrogen functional groups attached to an aromatic ring is 1. The molecule has 0 aromatic carbocycles. The average molecular weight is 178 g/mol. The summed E-state index contributed by atoms with van der Waals surface area (Å²) in [5, 5.41) is 4.08. The molecule has 68 valence electrons. The second-order valence-corrected chi connectivity index (χ2v) is 2.83. The molecule has 0 bridgehead atoms. The van der Waals surface area contributed by atoms with Crippen molar-refractivity contribution in [2.24, 2.45) is 7.05 Å². The van der Waals surface area contributed by atoms with Crippen LogP contribution in [-0.2, 0) is 7.05 Å². The van der Waals surface area contributed by atoms with Gasteiger partial charge in [-0.1, -0.05) is 0 Å². The van der Waals surface area contributed by atoms with E-state index in [1.165, 1.54) is 4.68 Å². The van der Waals surface area contributed by atoms with Crippen LogP contribution in [0.5, 0.6) is 0 Å². The highest BCUT2D eigenvalue weighted by atomic mass is 16.3. The number of aryl methyl sites for hydroxylation is 2. The molecule has 5 nitrogen and oxygen atoms in total. The van der Waals surface area contributed by atoms with E-state index in [-0.39, 0.29) is 0 Å². The van der Waals surface area contributed by atoms with E-state index in [0.717, 1.165) is 5.76 Å². The summed E-state index contributed by atoms with van der Waals surface area (Å²) in [6, 6.07) is 3.69. The van der Waals surface area contributed by atoms with Gasteiger partial charge < -0.3 is 10.2 Å². The van der Waals surface area contributed by atoms with Crippen LogP contribution < -0.4 is 5.73 Å². The quantitative estimate of drug-likeness (QED) is 0.706. The molecule has 2 rings (SSSR count). The Morgan fingerprint density at radius 1 is 1.46 bits per heavy atom. The van der Waals surface area contributed by atoms with Crippen molar-refractivity contribution in [1.29, 1.82) is 0 Å². The number of aromatic nitrogens is 3. The van der Waals surface area contributed by atoms with Crippen LogP contribution in [0.25, 0.3) is 11.6 Å². The predicted octanol–water partition coefficient (Wildman–Crippen LogP) is 0.966. The molecule has 2 heterocycles. The molecule has 0 fully saturated rings. The van der Waals surface area contributed by atoms with E-state index >= 15 is 0 Å². The Bertz CT molecular complexity index is 410. The van der Waals surface area contributed by atoms with Crippen molar-refractivity contribution in [3.8, 4) is 11.6 Å². The summed E-state index contributed by atoms with van der Waals surface area (Å²) < 4.78 is 6.85. The third kappa shape index (κ3) is 1.28. The molecule has 0 saturated heterocycles. The smallest absolute Gasteiger partial charge is 0.218 e. The molecule has 0 unspecified atom stereocenters. The van der Waals surface area contributed by atoms with Gasteiger partial charge in [0.25, 0.3) is 0 Å². The molecule has 2 aromatic heterocycles. The number of anilines is 1. The molecule has 0 amide bonds. The second-order valence-electron chi connectivity index (χ2n) is 2.83. The molecule has 0 aliphatic carbocycles. The van der Waals surface area contributed by atoms with Gasteiger partial charge in [0.15, 0.2) is 5.76 Å². The molecule has 0 saturated carbocycles. The van der Waals surface area contributed by atoms with Crippen LogP contribution in [0.15, 0.2) is 16.5 Å². The van der Waals surface area contributed by atoms with Gasteiger partial charge >= 0.3 is 0 Å². The van der Waals surface area contributed by atoms with Gasteiger partial charge in [0, 0.05) is 7.05 Å². The van der Waals surface area contributed by atoms with Crippen molar-refractivity contribution in [2.75, 3.05) is 5.73 Å². The van der Waals surface area contributed by atoms with E-state index < -0.39 is 0 Å². The van der Waals surface area contributed by atoms with Gasteiger partial charge in [-0.25, -0.2) is 4.68 Å². The summed E-state index contributed by atoms with van der Waals surface area (Å²) in [4.78, 5) is 4.03. The summed E-state index contributed by atoms with van der Waals surface area (Å²) in [7, 11) is 1.74. The van der Waals surface area contributed by atoms with Crippen LogP contribution in [0, 0.1) is 6.92 Å². The molecule has 2 N–H and O–H groups in total. The highest BCUT2D eigenvalue weighted by Gasteiger charge is 2.09. The molecular formula is C8H10N4O. The summed E-state index contributed by atoms with van der Waals surface area (Å²) in [6.45, 7) is 1.87. The fourth-order valence-corrected chi connectivity index (χ4v) is 1.06. The monoisotopic (exact) mass is 178 g/mol. The zero-order chi connectivity index (χ0) is 9.42. The highest BCUT2D eigenvalue weighted by Crippen LogP contribution is 2.18. The Labute approximate surface area is 75.2 Å². The van der Waals surface area contributed by atoms with Gasteiger partial charge in [-0.05, 0) is 19.1 Å². The first-order valence-corrected chi connectivity index (χ1v) is 3.90. The van der Waals surface area contributed by atoms with Gasteiger partial charge in [0.05, 0.1) is 0 Å². The fraction of sp³-hybridized carbons (Fsp3) is 0.250. The van der Waals surface area contributed by atoms with Crippen molar-refractivity contribution < 1.29 is 4.42 Å². The van der Waals surface area contributed by atoms with Crippen LogP contribution in [0.4, 0.5) is 5.95 Å². The molecular weight excluding hydrogens is 168 g/mol. The number of rotatable bonds is 1. The Hall–Kier alpha value is -1.78. The van der Waals surface area contributed by atoms with Crippen LogP contribution in [0.3, 0.4) is 0 Å². The van der Waals surface area contributed by atoms with E-state index in [9.17, 15) is 0 Å². The Balaban J connectivity index is 2.46. The van der Waals surface area contributed by atoms with Crippen molar-refractivity contribution >= 4 is 5.95 Å². The Morgan fingerprint density at radius 3 is 2.69 bits per heavy atom. The lowest BCUT2D eigenvalue weighted by atomic mass is 10.4. The normalized spacial score (nSPS) is 10.6. The lowest BCUT2D eigenvalue weighted by Crippen LogP contribution is -1.97. The number of hydrogen-bond acceptors (Lipinski definition) is 4. The molecule has 13 heavy (non-hydrogen) atoms. The molecule has 0 aliphatic rings. The minimum Gasteiger partial charge on any atom is -0.458 e. The van der Waals surface area contributed by atoms with Crippen LogP contribution in [-0.4, -0.2) is 14.8 Å². The SMILES string of the molecule is Cc1ccc(-c2nc(N)n(C)n2)o1. The maximum atomic E-state index is 5.53. The minimum absolute atomic E-state index is 0.379. The lowest BCUT2D eigenvalue weighted by molar-refractivity contribution is 0.543. The molecule has 0 atom stereocenters.